The lowest BCUT2D eigenvalue weighted by atomic mass is 10.1. The van der Waals surface area contributed by atoms with Crippen LogP contribution in [0.5, 0.6) is 0 Å². The van der Waals surface area contributed by atoms with Gasteiger partial charge >= 0.3 is 6.09 Å². The van der Waals surface area contributed by atoms with E-state index >= 15 is 0 Å². The van der Waals surface area contributed by atoms with E-state index in [0.29, 0.717) is 25.8 Å². The van der Waals surface area contributed by atoms with Crippen LogP contribution in [0.25, 0.3) is 0 Å². The molecule has 0 unspecified atom stereocenters. The SMILES string of the molecule is CC(C)(C)OC(=O)N1CCc2nc(C=O)ncc2C1. The minimum atomic E-state index is -0.505. The molecule has 0 bridgehead atoms. The quantitative estimate of drug-likeness (QED) is 0.719. The molecule has 0 radical (unpaired) electrons. The van der Waals surface area contributed by atoms with Gasteiger partial charge in [0, 0.05) is 24.7 Å². The van der Waals surface area contributed by atoms with Gasteiger partial charge in [0.2, 0.25) is 0 Å². The molecular formula is C13H17N3O3. The molecule has 1 aliphatic heterocycles. The van der Waals surface area contributed by atoms with Crippen molar-refractivity contribution in [1.29, 1.82) is 0 Å². The summed E-state index contributed by atoms with van der Waals surface area (Å²) in [5, 5.41) is 0. The molecule has 0 spiro atoms. The van der Waals surface area contributed by atoms with E-state index in [-0.39, 0.29) is 11.9 Å². The van der Waals surface area contributed by atoms with Crippen LogP contribution in [0, 0.1) is 0 Å². The summed E-state index contributed by atoms with van der Waals surface area (Å²) < 4.78 is 5.33. The maximum Gasteiger partial charge on any atom is 0.410 e. The highest BCUT2D eigenvalue weighted by Gasteiger charge is 2.26. The van der Waals surface area contributed by atoms with Gasteiger partial charge in [-0.3, -0.25) is 4.79 Å². The zero-order chi connectivity index (χ0) is 14.0. The second-order valence-corrected chi connectivity index (χ2v) is 5.47. The molecule has 102 valence electrons. The number of hydrogen-bond acceptors (Lipinski definition) is 5. The number of nitrogens with zero attached hydrogens (tertiary/aromatic N) is 3. The van der Waals surface area contributed by atoms with Crippen molar-refractivity contribution in [2.24, 2.45) is 0 Å². The zero-order valence-corrected chi connectivity index (χ0v) is 11.3. The molecule has 0 aromatic carbocycles. The van der Waals surface area contributed by atoms with Gasteiger partial charge in [-0.25, -0.2) is 14.8 Å². The van der Waals surface area contributed by atoms with E-state index in [1.165, 1.54) is 0 Å². The summed E-state index contributed by atoms with van der Waals surface area (Å²) in [4.78, 5) is 32.3. The molecule has 0 saturated heterocycles. The molecule has 1 aromatic rings. The first-order chi connectivity index (χ1) is 8.89. The number of fused-ring (bicyclic) bond motifs is 1. The fraction of sp³-hybridized carbons (Fsp3) is 0.538. The summed E-state index contributed by atoms with van der Waals surface area (Å²) in [6, 6.07) is 0. The molecular weight excluding hydrogens is 246 g/mol. The van der Waals surface area contributed by atoms with E-state index < -0.39 is 5.60 Å². The van der Waals surface area contributed by atoms with Crippen LogP contribution in [0.15, 0.2) is 6.20 Å². The highest BCUT2D eigenvalue weighted by molar-refractivity contribution is 5.70. The smallest absolute Gasteiger partial charge is 0.410 e. The standard InChI is InChI=1S/C13H17N3O3/c1-13(2,3)19-12(18)16-5-4-10-9(7-16)6-14-11(8-17)15-10/h6,8H,4-5,7H2,1-3H3. The number of carbonyl (C=O) groups excluding carboxylic acids is 2. The Balaban J connectivity index is 2.10. The van der Waals surface area contributed by atoms with Gasteiger partial charge in [-0.1, -0.05) is 0 Å². The Bertz CT molecular complexity index is 508. The van der Waals surface area contributed by atoms with Gasteiger partial charge in [0.25, 0.3) is 0 Å². The molecule has 1 amide bonds. The third-order valence-electron chi connectivity index (χ3n) is 2.71. The maximum absolute atomic E-state index is 12.0. The number of aldehydes is 1. The van der Waals surface area contributed by atoms with Crippen molar-refractivity contribution < 1.29 is 14.3 Å². The van der Waals surface area contributed by atoms with Gasteiger partial charge in [0.15, 0.2) is 12.1 Å². The first kappa shape index (κ1) is 13.5. The van der Waals surface area contributed by atoms with Gasteiger partial charge in [0.05, 0.1) is 12.2 Å². The molecule has 1 aliphatic rings. The lowest BCUT2D eigenvalue weighted by Crippen LogP contribution is -2.40. The third-order valence-corrected chi connectivity index (χ3v) is 2.71. The fourth-order valence-electron chi connectivity index (χ4n) is 1.87. The number of ether oxygens (including phenoxy) is 1. The van der Waals surface area contributed by atoms with Crippen molar-refractivity contribution in [1.82, 2.24) is 14.9 Å². The number of rotatable bonds is 1. The van der Waals surface area contributed by atoms with Crippen LogP contribution in [0.2, 0.25) is 0 Å². The Labute approximate surface area is 111 Å². The van der Waals surface area contributed by atoms with Crippen LogP contribution >= 0.6 is 0 Å². The van der Waals surface area contributed by atoms with Crippen LogP contribution in [-0.4, -0.2) is 39.4 Å². The first-order valence-corrected chi connectivity index (χ1v) is 6.17. The van der Waals surface area contributed by atoms with Crippen molar-refractivity contribution >= 4 is 12.4 Å². The molecule has 6 nitrogen and oxygen atoms in total. The zero-order valence-electron chi connectivity index (χ0n) is 11.3. The first-order valence-electron chi connectivity index (χ1n) is 6.17. The minimum absolute atomic E-state index is 0.185. The summed E-state index contributed by atoms with van der Waals surface area (Å²) in [6.07, 6.45) is 2.50. The topological polar surface area (TPSA) is 72.4 Å². The summed E-state index contributed by atoms with van der Waals surface area (Å²) >= 11 is 0. The van der Waals surface area contributed by atoms with Crippen molar-refractivity contribution in [2.45, 2.75) is 39.3 Å². The minimum Gasteiger partial charge on any atom is -0.444 e. The second-order valence-electron chi connectivity index (χ2n) is 5.47. The van der Waals surface area contributed by atoms with Crippen LogP contribution < -0.4 is 0 Å². The van der Waals surface area contributed by atoms with E-state index in [2.05, 4.69) is 9.97 Å². The van der Waals surface area contributed by atoms with Crippen molar-refractivity contribution in [3.05, 3.63) is 23.3 Å². The summed E-state index contributed by atoms with van der Waals surface area (Å²) in [5.41, 5.74) is 1.19. The Morgan fingerprint density at radius 2 is 2.21 bits per heavy atom. The molecule has 0 atom stereocenters. The van der Waals surface area contributed by atoms with E-state index in [4.69, 9.17) is 4.74 Å². The number of amides is 1. The molecule has 0 aliphatic carbocycles. The lowest BCUT2D eigenvalue weighted by Gasteiger charge is -2.30. The Kier molecular flexibility index (Phi) is 3.50. The molecule has 0 fully saturated rings. The molecule has 2 rings (SSSR count). The van der Waals surface area contributed by atoms with E-state index in [9.17, 15) is 9.59 Å². The number of aromatic nitrogens is 2. The van der Waals surface area contributed by atoms with E-state index in [1.54, 1.807) is 11.1 Å². The van der Waals surface area contributed by atoms with Crippen LogP contribution in [0.3, 0.4) is 0 Å². The number of hydrogen-bond donors (Lipinski definition) is 0. The fourth-order valence-corrected chi connectivity index (χ4v) is 1.87. The van der Waals surface area contributed by atoms with Crippen LogP contribution in [0.4, 0.5) is 4.79 Å². The number of carbonyl (C=O) groups is 2. The molecule has 2 heterocycles. The average Bonchev–Trinajstić information content (AvgIpc) is 2.35. The molecule has 1 aromatic heterocycles. The Hall–Kier alpha value is -1.98. The second kappa shape index (κ2) is 4.95. The van der Waals surface area contributed by atoms with Crippen molar-refractivity contribution in [3.8, 4) is 0 Å². The largest absolute Gasteiger partial charge is 0.444 e. The van der Waals surface area contributed by atoms with Gasteiger partial charge in [-0.05, 0) is 20.8 Å². The average molecular weight is 263 g/mol. The van der Waals surface area contributed by atoms with Crippen molar-refractivity contribution in [3.63, 3.8) is 0 Å². The van der Waals surface area contributed by atoms with Gasteiger partial charge in [-0.15, -0.1) is 0 Å². The monoisotopic (exact) mass is 263 g/mol. The van der Waals surface area contributed by atoms with Gasteiger partial charge in [0.1, 0.15) is 5.60 Å². The Morgan fingerprint density at radius 1 is 1.47 bits per heavy atom. The third kappa shape index (κ3) is 3.27. The lowest BCUT2D eigenvalue weighted by molar-refractivity contribution is 0.0222. The predicted molar refractivity (Wildman–Crippen MR) is 67.8 cm³/mol. The normalized spacial score (nSPS) is 14.8. The van der Waals surface area contributed by atoms with Crippen molar-refractivity contribution in [2.75, 3.05) is 6.54 Å². The maximum atomic E-state index is 12.0. The molecule has 0 saturated carbocycles. The Morgan fingerprint density at radius 3 is 2.84 bits per heavy atom. The molecule has 19 heavy (non-hydrogen) atoms. The van der Waals surface area contributed by atoms with Gasteiger partial charge in [-0.2, -0.15) is 0 Å². The summed E-state index contributed by atoms with van der Waals surface area (Å²) in [7, 11) is 0. The van der Waals surface area contributed by atoms with Gasteiger partial charge < -0.3 is 9.64 Å². The highest BCUT2D eigenvalue weighted by Crippen LogP contribution is 2.19. The van der Waals surface area contributed by atoms with Crippen LogP contribution in [-0.2, 0) is 17.7 Å². The highest BCUT2D eigenvalue weighted by atomic mass is 16.6. The van der Waals surface area contributed by atoms with E-state index in [0.717, 1.165) is 11.3 Å². The van der Waals surface area contributed by atoms with Crippen LogP contribution in [0.1, 0.15) is 42.6 Å². The summed E-state index contributed by atoms with van der Waals surface area (Å²) in [5.74, 6) is 0.185. The van der Waals surface area contributed by atoms with E-state index in [1.807, 2.05) is 20.8 Å². The summed E-state index contributed by atoms with van der Waals surface area (Å²) in [6.45, 7) is 6.47. The molecule has 0 N–H and O–H groups in total. The molecule has 6 heteroatoms. The predicted octanol–water partition coefficient (Wildman–Crippen LogP) is 1.58.